The quantitative estimate of drug-likeness (QED) is 0.314. The molecule has 3 saturated carbocycles. The second kappa shape index (κ2) is 9.00. The van der Waals surface area contributed by atoms with E-state index in [1.54, 1.807) is 6.92 Å². The lowest BCUT2D eigenvalue weighted by molar-refractivity contribution is -0.219. The third kappa shape index (κ3) is 3.42. The van der Waals surface area contributed by atoms with Gasteiger partial charge in [-0.15, -0.1) is 0 Å². The molecule has 1 heterocycles. The van der Waals surface area contributed by atoms with Crippen molar-refractivity contribution in [3.05, 3.63) is 11.6 Å². The second-order valence-corrected chi connectivity index (χ2v) is 13.6. The molecule has 6 N–H and O–H groups in total. The van der Waals surface area contributed by atoms with Gasteiger partial charge in [-0.2, -0.15) is 0 Å². The largest absolute Gasteiger partial charge is 0.396 e. The predicted molar refractivity (Wildman–Crippen MR) is 135 cm³/mol. The van der Waals surface area contributed by atoms with Gasteiger partial charge < -0.3 is 35.4 Å². The smallest absolute Gasteiger partial charge is 0.104 e. The fraction of sp³-hybridized carbons (Fsp3) is 0.931. The van der Waals surface area contributed by atoms with Crippen LogP contribution in [0.2, 0.25) is 0 Å². The van der Waals surface area contributed by atoms with Crippen LogP contribution in [-0.2, 0) is 4.74 Å². The number of fused-ring (bicyclic) bond motifs is 5. The van der Waals surface area contributed by atoms with Crippen molar-refractivity contribution >= 4 is 0 Å². The van der Waals surface area contributed by atoms with Gasteiger partial charge in [0.25, 0.3) is 0 Å². The van der Waals surface area contributed by atoms with Crippen LogP contribution < -0.4 is 0 Å². The summed E-state index contributed by atoms with van der Waals surface area (Å²) in [6, 6.07) is 0. The van der Waals surface area contributed by atoms with E-state index in [2.05, 4.69) is 19.9 Å². The molecule has 0 aromatic rings. The number of aliphatic hydroxyl groups is 6. The fourth-order valence-corrected chi connectivity index (χ4v) is 9.92. The molecule has 5 rings (SSSR count). The summed E-state index contributed by atoms with van der Waals surface area (Å²) >= 11 is 0. The highest BCUT2D eigenvalue weighted by atomic mass is 16.5. The Bertz CT molecular complexity index is 878. The number of aliphatic hydroxyl groups excluding tert-OH is 5. The van der Waals surface area contributed by atoms with Crippen LogP contribution in [0.4, 0.5) is 0 Å². The molecule has 0 spiro atoms. The van der Waals surface area contributed by atoms with Crippen LogP contribution in [0.25, 0.3) is 0 Å². The normalized spacial score (nSPS) is 55.4. The first-order valence-electron chi connectivity index (χ1n) is 14.3. The van der Waals surface area contributed by atoms with E-state index in [-0.39, 0.29) is 30.0 Å². The first kappa shape index (κ1) is 27.0. The van der Waals surface area contributed by atoms with E-state index in [1.165, 1.54) is 5.57 Å². The average molecular weight is 509 g/mol. The van der Waals surface area contributed by atoms with Gasteiger partial charge in [0, 0.05) is 17.3 Å². The lowest BCUT2D eigenvalue weighted by atomic mass is 9.47. The van der Waals surface area contributed by atoms with Crippen LogP contribution in [0.3, 0.4) is 0 Å². The Labute approximate surface area is 215 Å². The van der Waals surface area contributed by atoms with E-state index in [4.69, 9.17) is 4.74 Å². The molecule has 0 radical (unpaired) electrons. The van der Waals surface area contributed by atoms with Crippen molar-refractivity contribution in [1.82, 2.24) is 0 Å². The van der Waals surface area contributed by atoms with Crippen LogP contribution >= 0.6 is 0 Å². The zero-order valence-corrected chi connectivity index (χ0v) is 22.4. The Kier molecular flexibility index (Phi) is 6.76. The highest BCUT2D eigenvalue weighted by Gasteiger charge is 2.71. The van der Waals surface area contributed by atoms with Gasteiger partial charge in [-0.3, -0.25) is 0 Å². The lowest BCUT2D eigenvalue weighted by Crippen LogP contribution is -2.63. The number of ether oxygens (including phenoxy) is 1. The van der Waals surface area contributed by atoms with Crippen LogP contribution in [0, 0.1) is 40.4 Å². The first-order valence-corrected chi connectivity index (χ1v) is 14.3. The summed E-state index contributed by atoms with van der Waals surface area (Å²) in [6.07, 6.45) is 5.44. The van der Waals surface area contributed by atoms with E-state index < -0.39 is 47.5 Å². The molecule has 1 aliphatic heterocycles. The third-order valence-corrected chi connectivity index (χ3v) is 12.2. The van der Waals surface area contributed by atoms with Crippen molar-refractivity contribution < 1.29 is 35.4 Å². The predicted octanol–water partition coefficient (Wildman–Crippen LogP) is 2.16. The Morgan fingerprint density at radius 1 is 1.03 bits per heavy atom. The Morgan fingerprint density at radius 3 is 2.36 bits per heavy atom. The van der Waals surface area contributed by atoms with Crippen molar-refractivity contribution in [2.45, 2.75) is 115 Å². The van der Waals surface area contributed by atoms with Gasteiger partial charge in [-0.25, -0.2) is 0 Å². The maximum Gasteiger partial charge on any atom is 0.104 e. The molecule has 0 aromatic carbocycles. The zero-order chi connectivity index (χ0) is 26.3. The first-order chi connectivity index (χ1) is 16.9. The minimum Gasteiger partial charge on any atom is -0.396 e. The lowest BCUT2D eigenvalue weighted by Gasteiger charge is -2.59. The zero-order valence-electron chi connectivity index (χ0n) is 22.4. The van der Waals surface area contributed by atoms with Gasteiger partial charge in [-0.1, -0.05) is 32.4 Å². The van der Waals surface area contributed by atoms with Crippen molar-refractivity contribution in [1.29, 1.82) is 0 Å². The second-order valence-electron chi connectivity index (χ2n) is 13.6. The van der Waals surface area contributed by atoms with Gasteiger partial charge in [-0.05, 0) is 81.5 Å². The number of allylic oxidation sites excluding steroid dienone is 2. The molecule has 4 aliphatic carbocycles. The van der Waals surface area contributed by atoms with Gasteiger partial charge >= 0.3 is 0 Å². The van der Waals surface area contributed by atoms with E-state index in [0.29, 0.717) is 31.1 Å². The molecule has 0 bridgehead atoms. The summed E-state index contributed by atoms with van der Waals surface area (Å²) in [4.78, 5) is 0. The Hall–Kier alpha value is -0.540. The molecule has 7 nitrogen and oxygen atoms in total. The Morgan fingerprint density at radius 2 is 1.75 bits per heavy atom. The van der Waals surface area contributed by atoms with E-state index >= 15 is 0 Å². The van der Waals surface area contributed by atoms with E-state index in [1.807, 2.05) is 6.92 Å². The molecule has 4 fully saturated rings. The van der Waals surface area contributed by atoms with Crippen LogP contribution in [0.5, 0.6) is 0 Å². The minimum atomic E-state index is -1.64. The maximum atomic E-state index is 12.5. The Balaban J connectivity index is 1.49. The third-order valence-electron chi connectivity index (χ3n) is 12.2. The highest BCUT2D eigenvalue weighted by molar-refractivity contribution is 5.32. The van der Waals surface area contributed by atoms with Crippen molar-refractivity contribution in [3.63, 3.8) is 0 Å². The molecule has 7 heteroatoms. The molecule has 1 saturated heterocycles. The number of rotatable bonds is 5. The van der Waals surface area contributed by atoms with Gasteiger partial charge in [0.1, 0.15) is 5.60 Å². The topological polar surface area (TPSA) is 131 Å². The van der Waals surface area contributed by atoms with E-state index in [9.17, 15) is 30.6 Å². The summed E-state index contributed by atoms with van der Waals surface area (Å²) in [5.74, 6) is -0.394. The highest BCUT2D eigenvalue weighted by Crippen LogP contribution is 2.68. The van der Waals surface area contributed by atoms with Crippen molar-refractivity contribution in [3.8, 4) is 0 Å². The molecule has 5 aliphatic rings. The molecule has 36 heavy (non-hydrogen) atoms. The molecule has 0 aromatic heterocycles. The summed E-state index contributed by atoms with van der Waals surface area (Å²) < 4.78 is 6.25. The summed E-state index contributed by atoms with van der Waals surface area (Å²) in [7, 11) is 0. The summed E-state index contributed by atoms with van der Waals surface area (Å²) in [5, 5.41) is 66.2. The number of hydrogen-bond acceptors (Lipinski definition) is 7. The van der Waals surface area contributed by atoms with E-state index in [0.717, 1.165) is 32.1 Å². The van der Waals surface area contributed by atoms with Gasteiger partial charge in [0.2, 0.25) is 0 Å². The molecule has 206 valence electrons. The minimum absolute atomic E-state index is 0.0142. The van der Waals surface area contributed by atoms with Gasteiger partial charge in [0.05, 0.1) is 43.2 Å². The molecular weight excluding hydrogens is 460 g/mol. The summed E-state index contributed by atoms with van der Waals surface area (Å²) in [5.41, 5.74) is -1.82. The SMILES string of the molecule is CC[C@@H]1[C@@H](O)[C@H]([C@@H](CO)[C@]2(O)[C@@H](O)C[C@H]3C4=CC[C@H]5C[C@@H](O)CC[C@]5(C)[C@@H]4CC[C@@]32C)O[C@@]1(C)CO. The monoisotopic (exact) mass is 508 g/mol. The molecule has 0 amide bonds. The number of hydrogen-bond donors (Lipinski definition) is 6. The standard InChI is InChI=1S/C29H48O7/c1-5-19-24(34)25(36-28(19,4)15-31)22(14-30)29(35)23(33)13-21-18-7-6-16-12-17(32)8-10-26(16,2)20(18)9-11-27(21,29)3/h7,16-17,19-25,30-35H,5-6,8-15H2,1-4H3/t16-,17-,19+,20+,21-,22+,23-,24+,25-,26-,27-,28-,29-/m0/s1. The maximum absolute atomic E-state index is 12.5. The van der Waals surface area contributed by atoms with Crippen LogP contribution in [-0.4, -0.2) is 79.5 Å². The fourth-order valence-electron chi connectivity index (χ4n) is 9.92. The summed E-state index contributed by atoms with van der Waals surface area (Å²) in [6.45, 7) is 7.45. The van der Waals surface area contributed by atoms with Gasteiger partial charge in [0.15, 0.2) is 0 Å². The molecular formula is C29H48O7. The molecule has 13 atom stereocenters. The average Bonchev–Trinajstić information content (AvgIpc) is 3.22. The van der Waals surface area contributed by atoms with Crippen LogP contribution in [0.1, 0.15) is 79.1 Å². The molecule has 0 unspecified atom stereocenters. The van der Waals surface area contributed by atoms with Crippen molar-refractivity contribution in [2.24, 2.45) is 40.4 Å². The van der Waals surface area contributed by atoms with Crippen LogP contribution in [0.15, 0.2) is 11.6 Å². The van der Waals surface area contributed by atoms with Crippen molar-refractivity contribution in [2.75, 3.05) is 13.2 Å².